The van der Waals surface area contributed by atoms with Crippen LogP contribution in [0.25, 0.3) is 10.8 Å². The Bertz CT molecular complexity index is 1090. The fourth-order valence-electron chi connectivity index (χ4n) is 4.63. The van der Waals surface area contributed by atoms with Crippen LogP contribution in [0.2, 0.25) is 0 Å². The molecule has 1 heterocycles. The van der Waals surface area contributed by atoms with Gasteiger partial charge in [0.15, 0.2) is 0 Å². The quantitative estimate of drug-likeness (QED) is 0.718. The Morgan fingerprint density at radius 2 is 2.00 bits per heavy atom. The number of benzene rings is 3. The lowest BCUT2D eigenvalue weighted by Crippen LogP contribution is -2.40. The number of phenols is 1. The summed E-state index contributed by atoms with van der Waals surface area (Å²) >= 11 is 0. The number of hydrogen-bond acceptors (Lipinski definition) is 3. The first-order valence-corrected chi connectivity index (χ1v) is 8.31. The first-order valence-electron chi connectivity index (χ1n) is 8.31. The molecule has 0 unspecified atom stereocenters. The van der Waals surface area contributed by atoms with Gasteiger partial charge in [0, 0.05) is 23.1 Å². The Balaban J connectivity index is 1.92. The maximum absolute atomic E-state index is 12.7. The maximum atomic E-state index is 12.7. The van der Waals surface area contributed by atoms with Crippen LogP contribution in [0.3, 0.4) is 0 Å². The van der Waals surface area contributed by atoms with Crippen molar-refractivity contribution < 1.29 is 14.6 Å². The van der Waals surface area contributed by atoms with Crippen molar-refractivity contribution in [1.82, 2.24) is 5.32 Å². The summed E-state index contributed by atoms with van der Waals surface area (Å²) in [5.41, 5.74) is 3.73. The summed E-state index contributed by atoms with van der Waals surface area (Å²) < 4.78 is 5.58. The zero-order valence-corrected chi connectivity index (χ0v) is 14.0. The van der Waals surface area contributed by atoms with E-state index in [0.29, 0.717) is 17.7 Å². The minimum atomic E-state index is -0.779. The van der Waals surface area contributed by atoms with Crippen LogP contribution >= 0.6 is 0 Å². The Morgan fingerprint density at radius 3 is 2.80 bits per heavy atom. The van der Waals surface area contributed by atoms with Gasteiger partial charge < -0.3 is 15.2 Å². The van der Waals surface area contributed by atoms with E-state index < -0.39 is 5.54 Å². The molecule has 0 saturated heterocycles. The molecule has 1 spiro atoms. The topological polar surface area (TPSA) is 58.6 Å². The van der Waals surface area contributed by atoms with Gasteiger partial charge in [-0.15, -0.1) is 0 Å². The second-order valence-electron chi connectivity index (χ2n) is 6.90. The van der Waals surface area contributed by atoms with Gasteiger partial charge in [-0.05, 0) is 41.5 Å². The SMILES string of the molecule is COc1cccc2c1[C@@]1(Cc3cc(C)cc4ccc(O)c1c34)NC2=O. The minimum absolute atomic E-state index is 0.130. The molecular weight excluding hydrogens is 314 g/mol. The molecule has 0 saturated carbocycles. The zero-order chi connectivity index (χ0) is 17.3. The Kier molecular flexibility index (Phi) is 2.60. The highest BCUT2D eigenvalue weighted by atomic mass is 16.5. The second-order valence-corrected chi connectivity index (χ2v) is 6.90. The Morgan fingerprint density at radius 1 is 1.16 bits per heavy atom. The third kappa shape index (κ3) is 1.64. The van der Waals surface area contributed by atoms with Gasteiger partial charge in [0.2, 0.25) is 0 Å². The number of aromatic hydroxyl groups is 1. The van der Waals surface area contributed by atoms with E-state index in [1.165, 1.54) is 5.56 Å². The predicted octanol–water partition coefficient (Wildman–Crippen LogP) is 3.41. The molecule has 5 rings (SSSR count). The molecule has 0 radical (unpaired) electrons. The molecule has 4 heteroatoms. The fourth-order valence-corrected chi connectivity index (χ4v) is 4.63. The van der Waals surface area contributed by atoms with E-state index in [0.717, 1.165) is 27.5 Å². The largest absolute Gasteiger partial charge is 0.508 e. The first-order chi connectivity index (χ1) is 12.0. The standard InChI is InChI=1S/C21H17NO3/c1-11-8-12-6-7-15(23)19-17(12)13(9-11)10-21(19)18-14(20(24)22-21)4-3-5-16(18)25-2/h3-9,23H,10H2,1-2H3,(H,22,24)/t21-/m1/s1. The van der Waals surface area contributed by atoms with Crippen molar-refractivity contribution in [3.8, 4) is 11.5 Å². The summed E-state index contributed by atoms with van der Waals surface area (Å²) in [5.74, 6) is 0.737. The van der Waals surface area contributed by atoms with Gasteiger partial charge in [0.25, 0.3) is 5.91 Å². The van der Waals surface area contributed by atoms with Crippen LogP contribution in [-0.4, -0.2) is 18.1 Å². The number of carbonyl (C=O) groups excluding carboxylic acids is 1. The van der Waals surface area contributed by atoms with Gasteiger partial charge in [-0.2, -0.15) is 0 Å². The van der Waals surface area contributed by atoms with Crippen molar-refractivity contribution >= 4 is 16.7 Å². The van der Waals surface area contributed by atoms with Gasteiger partial charge in [-0.25, -0.2) is 0 Å². The van der Waals surface area contributed by atoms with Crippen LogP contribution in [0.15, 0.2) is 42.5 Å². The lowest BCUT2D eigenvalue weighted by Gasteiger charge is -2.28. The summed E-state index contributed by atoms with van der Waals surface area (Å²) in [6, 6.07) is 13.4. The van der Waals surface area contributed by atoms with Crippen LogP contribution in [0.5, 0.6) is 11.5 Å². The van der Waals surface area contributed by atoms with Crippen LogP contribution in [-0.2, 0) is 12.0 Å². The molecule has 0 bridgehead atoms. The van der Waals surface area contributed by atoms with Gasteiger partial charge in [0.1, 0.15) is 17.0 Å². The highest BCUT2D eigenvalue weighted by molar-refractivity contribution is 6.05. The molecule has 25 heavy (non-hydrogen) atoms. The van der Waals surface area contributed by atoms with Crippen molar-refractivity contribution in [2.45, 2.75) is 18.9 Å². The highest BCUT2D eigenvalue weighted by Gasteiger charge is 2.52. The normalized spacial score (nSPS) is 20.2. The molecule has 0 fully saturated rings. The third-order valence-electron chi connectivity index (χ3n) is 5.45. The molecule has 2 aliphatic rings. The van der Waals surface area contributed by atoms with E-state index in [1.54, 1.807) is 13.2 Å². The number of nitrogens with one attached hydrogen (secondary N) is 1. The van der Waals surface area contributed by atoms with Gasteiger partial charge in [-0.3, -0.25) is 4.79 Å². The molecule has 2 N–H and O–H groups in total. The third-order valence-corrected chi connectivity index (χ3v) is 5.45. The van der Waals surface area contributed by atoms with Crippen molar-refractivity contribution in [3.63, 3.8) is 0 Å². The number of phenolic OH excluding ortho intramolecular Hbond substituents is 1. The number of amides is 1. The van der Waals surface area contributed by atoms with Crippen molar-refractivity contribution in [3.05, 3.63) is 70.3 Å². The second kappa shape index (κ2) is 4.54. The van der Waals surface area contributed by atoms with Crippen molar-refractivity contribution in [2.24, 2.45) is 0 Å². The van der Waals surface area contributed by atoms with E-state index in [9.17, 15) is 9.90 Å². The van der Waals surface area contributed by atoms with Crippen LogP contribution < -0.4 is 10.1 Å². The maximum Gasteiger partial charge on any atom is 0.252 e. The van der Waals surface area contributed by atoms with E-state index in [2.05, 4.69) is 24.4 Å². The summed E-state index contributed by atoms with van der Waals surface area (Å²) in [5, 5.41) is 16.0. The molecule has 3 aromatic carbocycles. The number of ether oxygens (including phenoxy) is 1. The lowest BCUT2D eigenvalue weighted by molar-refractivity contribution is 0.0941. The summed E-state index contributed by atoms with van der Waals surface area (Å²) in [7, 11) is 1.61. The van der Waals surface area contributed by atoms with Crippen LogP contribution in [0.4, 0.5) is 0 Å². The predicted molar refractivity (Wildman–Crippen MR) is 95.3 cm³/mol. The van der Waals surface area contributed by atoms with Crippen LogP contribution in [0.1, 0.15) is 32.6 Å². The van der Waals surface area contributed by atoms with E-state index in [-0.39, 0.29) is 11.7 Å². The monoisotopic (exact) mass is 331 g/mol. The number of rotatable bonds is 1. The molecule has 3 aromatic rings. The summed E-state index contributed by atoms with van der Waals surface area (Å²) in [6.07, 6.45) is 0.608. The lowest BCUT2D eigenvalue weighted by atomic mass is 9.83. The number of fused-ring (bicyclic) bond motifs is 3. The molecule has 1 aliphatic heterocycles. The number of aryl methyl sites for hydroxylation is 1. The van der Waals surface area contributed by atoms with Gasteiger partial charge in [0.05, 0.1) is 7.11 Å². The molecule has 124 valence electrons. The van der Waals surface area contributed by atoms with Crippen molar-refractivity contribution in [2.75, 3.05) is 7.11 Å². The smallest absolute Gasteiger partial charge is 0.252 e. The molecule has 4 nitrogen and oxygen atoms in total. The van der Waals surface area contributed by atoms with E-state index in [4.69, 9.17) is 4.74 Å². The van der Waals surface area contributed by atoms with Crippen molar-refractivity contribution in [1.29, 1.82) is 0 Å². The van der Waals surface area contributed by atoms with E-state index in [1.807, 2.05) is 24.3 Å². The molecule has 1 amide bonds. The van der Waals surface area contributed by atoms with E-state index >= 15 is 0 Å². The molecule has 1 atom stereocenters. The van der Waals surface area contributed by atoms with Crippen LogP contribution in [0, 0.1) is 6.92 Å². The Hall–Kier alpha value is -3.01. The number of methoxy groups -OCH3 is 1. The fraction of sp³-hybridized carbons (Fsp3) is 0.190. The summed E-state index contributed by atoms with van der Waals surface area (Å²) in [6.45, 7) is 2.06. The molecule has 0 aromatic heterocycles. The number of carbonyl (C=O) groups is 1. The number of hydrogen-bond donors (Lipinski definition) is 2. The average molecular weight is 331 g/mol. The Labute approximate surface area is 145 Å². The molecular formula is C21H17NO3. The molecule has 1 aliphatic carbocycles. The van der Waals surface area contributed by atoms with Gasteiger partial charge >= 0.3 is 0 Å². The average Bonchev–Trinajstić information content (AvgIpc) is 3.07. The first kappa shape index (κ1) is 14.3. The zero-order valence-electron chi connectivity index (χ0n) is 14.0. The summed E-state index contributed by atoms with van der Waals surface area (Å²) in [4.78, 5) is 12.7. The van der Waals surface area contributed by atoms with Gasteiger partial charge in [-0.1, -0.05) is 29.8 Å². The minimum Gasteiger partial charge on any atom is -0.508 e. The highest BCUT2D eigenvalue weighted by Crippen LogP contribution is 2.54.